The van der Waals surface area contributed by atoms with Crippen molar-refractivity contribution in [1.29, 1.82) is 0 Å². The van der Waals surface area contributed by atoms with Crippen LogP contribution >= 0.6 is 11.3 Å². The molecule has 2 N–H and O–H groups in total. The van der Waals surface area contributed by atoms with E-state index in [0.717, 1.165) is 21.9 Å². The zero-order valence-electron chi connectivity index (χ0n) is 11.6. The predicted molar refractivity (Wildman–Crippen MR) is 85.6 cm³/mol. The Morgan fingerprint density at radius 3 is 3.09 bits per heavy atom. The number of allylic oxidation sites excluding steroid dienone is 1. The largest absolute Gasteiger partial charge is 0.465 e. The number of nitrogens with one attached hydrogen (secondary N) is 2. The van der Waals surface area contributed by atoms with Crippen molar-refractivity contribution in [2.75, 3.05) is 5.32 Å². The molecule has 4 heterocycles. The molecule has 0 aliphatic carbocycles. The summed E-state index contributed by atoms with van der Waals surface area (Å²) in [6.07, 6.45) is 5.94. The number of furan rings is 1. The van der Waals surface area contributed by atoms with Gasteiger partial charge in [-0.1, -0.05) is 12.1 Å². The molecule has 0 fully saturated rings. The van der Waals surface area contributed by atoms with Gasteiger partial charge in [-0.05, 0) is 29.7 Å². The normalized spacial score (nSPS) is 17.6. The Hall–Kier alpha value is -2.60. The van der Waals surface area contributed by atoms with Crippen molar-refractivity contribution in [2.45, 2.75) is 12.3 Å². The Morgan fingerprint density at radius 2 is 2.32 bits per heavy atom. The second-order valence-corrected chi connectivity index (χ2v) is 6.02. The lowest BCUT2D eigenvalue weighted by atomic mass is 9.91. The first kappa shape index (κ1) is 13.1. The predicted octanol–water partition coefficient (Wildman–Crippen LogP) is 3.87. The van der Waals surface area contributed by atoms with Gasteiger partial charge in [0.15, 0.2) is 5.82 Å². The van der Waals surface area contributed by atoms with Crippen LogP contribution in [0, 0.1) is 0 Å². The fourth-order valence-electron chi connectivity index (χ4n) is 2.66. The van der Waals surface area contributed by atoms with Crippen LogP contribution in [0.2, 0.25) is 0 Å². The number of nitrogens with zero attached hydrogens (tertiary/aromatic N) is 1. The second-order valence-electron chi connectivity index (χ2n) is 5.07. The smallest absolute Gasteiger partial charge is 0.226 e. The molecule has 5 nitrogen and oxygen atoms in total. The van der Waals surface area contributed by atoms with Crippen LogP contribution in [0.15, 0.2) is 46.4 Å². The van der Waals surface area contributed by atoms with Crippen molar-refractivity contribution in [3.63, 3.8) is 0 Å². The van der Waals surface area contributed by atoms with Crippen LogP contribution in [0.5, 0.6) is 0 Å². The molecule has 110 valence electrons. The Balaban J connectivity index is 1.75. The maximum Gasteiger partial charge on any atom is 0.226 e. The Bertz CT molecular complexity index is 816. The van der Waals surface area contributed by atoms with E-state index in [1.54, 1.807) is 17.6 Å². The summed E-state index contributed by atoms with van der Waals surface area (Å²) in [4.78, 5) is 13.0. The highest BCUT2D eigenvalue weighted by atomic mass is 32.1. The highest BCUT2D eigenvalue weighted by molar-refractivity contribution is 7.13. The molecule has 0 saturated heterocycles. The van der Waals surface area contributed by atoms with Crippen molar-refractivity contribution in [1.82, 2.24) is 10.2 Å². The van der Waals surface area contributed by atoms with Gasteiger partial charge in [-0.3, -0.25) is 9.89 Å². The van der Waals surface area contributed by atoms with E-state index in [-0.39, 0.29) is 11.8 Å². The zero-order valence-corrected chi connectivity index (χ0v) is 12.4. The van der Waals surface area contributed by atoms with Gasteiger partial charge in [-0.2, -0.15) is 5.10 Å². The van der Waals surface area contributed by atoms with Crippen LogP contribution < -0.4 is 5.32 Å². The molecule has 6 heteroatoms. The molecule has 1 aliphatic heterocycles. The molecule has 0 aromatic carbocycles. The van der Waals surface area contributed by atoms with E-state index in [1.807, 2.05) is 41.8 Å². The topological polar surface area (TPSA) is 70.9 Å². The van der Waals surface area contributed by atoms with Crippen molar-refractivity contribution in [3.05, 3.63) is 53.3 Å². The summed E-state index contributed by atoms with van der Waals surface area (Å²) >= 11 is 1.65. The minimum atomic E-state index is -0.0234. The number of aromatic nitrogens is 2. The number of hydrogen-bond donors (Lipinski definition) is 2. The van der Waals surface area contributed by atoms with Gasteiger partial charge in [0.05, 0.1) is 16.8 Å². The van der Waals surface area contributed by atoms with Crippen molar-refractivity contribution in [3.8, 4) is 10.6 Å². The summed E-state index contributed by atoms with van der Waals surface area (Å²) in [5, 5.41) is 12.2. The van der Waals surface area contributed by atoms with Crippen molar-refractivity contribution >= 4 is 29.1 Å². The quantitative estimate of drug-likeness (QED) is 0.771. The number of fused-ring (bicyclic) bond motifs is 1. The SMILES string of the molecule is O=C1CC(/C=C/c2ccco2)c2c(n[nH]c2-c2cccs2)N1. The fraction of sp³-hybridized carbons (Fsp3) is 0.125. The molecule has 1 atom stereocenters. The molecule has 0 spiro atoms. The number of anilines is 1. The average molecular weight is 311 g/mol. The van der Waals surface area contributed by atoms with Gasteiger partial charge in [0.25, 0.3) is 0 Å². The van der Waals surface area contributed by atoms with Crippen LogP contribution in [0.1, 0.15) is 23.7 Å². The van der Waals surface area contributed by atoms with E-state index >= 15 is 0 Å². The van der Waals surface area contributed by atoms with Gasteiger partial charge in [-0.15, -0.1) is 11.3 Å². The van der Waals surface area contributed by atoms with E-state index in [9.17, 15) is 4.79 Å². The molecule has 1 unspecified atom stereocenters. The Morgan fingerprint density at radius 1 is 1.36 bits per heavy atom. The van der Waals surface area contributed by atoms with Gasteiger partial charge in [0, 0.05) is 17.9 Å². The average Bonchev–Trinajstić information content (AvgIpc) is 3.24. The van der Waals surface area contributed by atoms with E-state index in [2.05, 4.69) is 15.5 Å². The first-order valence-electron chi connectivity index (χ1n) is 6.95. The van der Waals surface area contributed by atoms with Gasteiger partial charge in [0.1, 0.15) is 5.76 Å². The van der Waals surface area contributed by atoms with E-state index in [1.165, 1.54) is 0 Å². The number of hydrogen-bond acceptors (Lipinski definition) is 4. The maximum atomic E-state index is 11.9. The van der Waals surface area contributed by atoms with Crippen molar-refractivity contribution in [2.24, 2.45) is 0 Å². The highest BCUT2D eigenvalue weighted by Gasteiger charge is 2.29. The molecule has 0 saturated carbocycles. The van der Waals surface area contributed by atoms with Gasteiger partial charge >= 0.3 is 0 Å². The number of H-pyrrole nitrogens is 1. The first-order chi connectivity index (χ1) is 10.8. The number of amides is 1. The van der Waals surface area contributed by atoms with E-state index in [0.29, 0.717) is 12.2 Å². The van der Waals surface area contributed by atoms with Crippen LogP contribution in [0.4, 0.5) is 5.82 Å². The Labute approximate surface area is 130 Å². The maximum absolute atomic E-state index is 11.9. The molecular weight excluding hydrogens is 298 g/mol. The minimum Gasteiger partial charge on any atom is -0.465 e. The molecule has 0 bridgehead atoms. The summed E-state index contributed by atoms with van der Waals surface area (Å²) in [5.74, 6) is 1.35. The molecule has 4 rings (SSSR count). The van der Waals surface area contributed by atoms with E-state index in [4.69, 9.17) is 4.42 Å². The van der Waals surface area contributed by atoms with Crippen LogP contribution in [-0.4, -0.2) is 16.1 Å². The highest BCUT2D eigenvalue weighted by Crippen LogP contribution is 2.40. The summed E-state index contributed by atoms with van der Waals surface area (Å²) in [7, 11) is 0. The van der Waals surface area contributed by atoms with E-state index < -0.39 is 0 Å². The number of carbonyl (C=O) groups excluding carboxylic acids is 1. The number of thiophene rings is 1. The third-order valence-corrected chi connectivity index (χ3v) is 4.53. The van der Waals surface area contributed by atoms with Crippen LogP contribution in [-0.2, 0) is 4.79 Å². The molecule has 3 aromatic heterocycles. The summed E-state index contributed by atoms with van der Waals surface area (Å²) in [6, 6.07) is 7.77. The molecule has 0 radical (unpaired) electrons. The third kappa shape index (κ3) is 2.27. The zero-order chi connectivity index (χ0) is 14.9. The number of carbonyl (C=O) groups is 1. The molecule has 3 aromatic rings. The minimum absolute atomic E-state index is 0.0224. The standard InChI is InChI=1S/C16H13N3O2S/c20-13-9-10(5-6-11-3-1-7-21-11)14-15(12-4-2-8-22-12)18-19-16(14)17-13/h1-8,10H,9H2,(H2,17,18,19,20)/b6-5+. The molecule has 1 amide bonds. The lowest BCUT2D eigenvalue weighted by molar-refractivity contribution is -0.116. The van der Waals surface area contributed by atoms with Gasteiger partial charge < -0.3 is 9.73 Å². The number of aromatic amines is 1. The number of rotatable bonds is 3. The molecular formula is C16H13N3O2S. The summed E-state index contributed by atoms with van der Waals surface area (Å²) in [6.45, 7) is 0. The molecule has 1 aliphatic rings. The van der Waals surface area contributed by atoms with Gasteiger partial charge in [-0.25, -0.2) is 0 Å². The first-order valence-corrected chi connectivity index (χ1v) is 7.83. The monoisotopic (exact) mass is 311 g/mol. The third-order valence-electron chi connectivity index (χ3n) is 3.64. The Kier molecular flexibility index (Phi) is 3.16. The van der Waals surface area contributed by atoms with Crippen molar-refractivity contribution < 1.29 is 9.21 Å². The lowest BCUT2D eigenvalue weighted by Gasteiger charge is -2.19. The van der Waals surface area contributed by atoms with Gasteiger partial charge in [0.2, 0.25) is 5.91 Å². The van der Waals surface area contributed by atoms with Crippen LogP contribution in [0.3, 0.4) is 0 Å². The lowest BCUT2D eigenvalue weighted by Crippen LogP contribution is -2.21. The summed E-state index contributed by atoms with van der Waals surface area (Å²) in [5.41, 5.74) is 2.00. The summed E-state index contributed by atoms with van der Waals surface area (Å²) < 4.78 is 5.31. The fourth-order valence-corrected chi connectivity index (χ4v) is 3.40. The molecule has 22 heavy (non-hydrogen) atoms. The second kappa shape index (κ2) is 5.31. The van der Waals surface area contributed by atoms with Crippen LogP contribution in [0.25, 0.3) is 16.6 Å².